The molecular formula is C10H13N4O8PS. The summed E-state index contributed by atoms with van der Waals surface area (Å²) in [6, 6.07) is 0. The smallest absolute Gasteiger partial charge is 0.387 e. The van der Waals surface area contributed by atoms with Crippen LogP contribution in [0.25, 0.3) is 11.2 Å². The lowest BCUT2D eigenvalue weighted by molar-refractivity contribution is -0.168. The molecule has 0 spiro atoms. The molecule has 1 fully saturated rings. The van der Waals surface area contributed by atoms with E-state index in [0.29, 0.717) is 11.2 Å². The van der Waals surface area contributed by atoms with Gasteiger partial charge in [0.25, 0.3) is 6.29 Å². The van der Waals surface area contributed by atoms with Gasteiger partial charge in [0.15, 0.2) is 10.3 Å². The minimum absolute atomic E-state index is 0.243. The minimum atomic E-state index is -4.73. The van der Waals surface area contributed by atoms with E-state index in [4.69, 9.17) is 31.6 Å². The van der Waals surface area contributed by atoms with Gasteiger partial charge in [-0.2, -0.15) is 4.73 Å². The zero-order valence-electron chi connectivity index (χ0n) is 11.8. The minimum Gasteiger partial charge on any atom is -0.387 e. The molecule has 1 saturated heterocycles. The number of nitrogens with one attached hydrogen (secondary N) is 1. The van der Waals surface area contributed by atoms with Crippen molar-refractivity contribution in [1.82, 2.24) is 19.7 Å². The van der Waals surface area contributed by atoms with Gasteiger partial charge in [0.05, 0.1) is 12.9 Å². The zero-order chi connectivity index (χ0) is 17.5. The van der Waals surface area contributed by atoms with Crippen molar-refractivity contribution in [2.45, 2.75) is 24.6 Å². The second-order valence-corrected chi connectivity index (χ2v) is 6.52. The van der Waals surface area contributed by atoms with Gasteiger partial charge in [-0.05, 0) is 0 Å². The number of aliphatic hydroxyl groups is 2. The van der Waals surface area contributed by atoms with Crippen LogP contribution in [-0.2, 0) is 13.8 Å². The highest BCUT2D eigenvalue weighted by molar-refractivity contribution is 7.71. The Balaban J connectivity index is 1.74. The molecule has 0 saturated carbocycles. The molecule has 5 N–H and O–H groups in total. The van der Waals surface area contributed by atoms with Crippen LogP contribution in [0.1, 0.15) is 0 Å². The van der Waals surface area contributed by atoms with E-state index >= 15 is 0 Å². The Hall–Kier alpha value is -1.44. The van der Waals surface area contributed by atoms with E-state index in [9.17, 15) is 14.8 Å². The van der Waals surface area contributed by atoms with Gasteiger partial charge in [0.2, 0.25) is 0 Å². The van der Waals surface area contributed by atoms with E-state index in [0.717, 1.165) is 4.73 Å². The van der Waals surface area contributed by atoms with E-state index in [2.05, 4.69) is 19.5 Å². The van der Waals surface area contributed by atoms with Crippen LogP contribution in [0.3, 0.4) is 0 Å². The van der Waals surface area contributed by atoms with Crippen LogP contribution in [0.2, 0.25) is 0 Å². The van der Waals surface area contributed by atoms with Gasteiger partial charge in [-0.15, -0.1) is 0 Å². The molecule has 14 heteroatoms. The molecule has 0 radical (unpaired) electrons. The first-order chi connectivity index (χ1) is 11.3. The molecule has 4 atom stereocenters. The number of aromatic nitrogens is 4. The molecule has 0 amide bonds. The van der Waals surface area contributed by atoms with Crippen molar-refractivity contribution in [3.63, 3.8) is 0 Å². The van der Waals surface area contributed by atoms with Crippen molar-refractivity contribution in [3.8, 4) is 0 Å². The summed E-state index contributed by atoms with van der Waals surface area (Å²) in [7, 11) is -4.73. The highest BCUT2D eigenvalue weighted by atomic mass is 32.1. The second-order valence-electron chi connectivity index (χ2n) is 4.89. The molecular weight excluding hydrogens is 367 g/mol. The first-order valence-electron chi connectivity index (χ1n) is 6.56. The van der Waals surface area contributed by atoms with Crippen LogP contribution >= 0.6 is 20.0 Å². The summed E-state index contributed by atoms with van der Waals surface area (Å²) in [5.41, 5.74) is 0.720. The van der Waals surface area contributed by atoms with Crippen molar-refractivity contribution in [3.05, 3.63) is 17.3 Å². The van der Waals surface area contributed by atoms with Crippen molar-refractivity contribution in [2.75, 3.05) is 6.61 Å². The van der Waals surface area contributed by atoms with Gasteiger partial charge in [0, 0.05) is 0 Å². The Morgan fingerprint density at radius 1 is 1.38 bits per heavy atom. The summed E-state index contributed by atoms with van der Waals surface area (Å²) in [6.45, 7) is -0.626. The topological polar surface area (TPSA) is 172 Å². The van der Waals surface area contributed by atoms with Crippen LogP contribution in [0.4, 0.5) is 0 Å². The number of ether oxygens (including phenoxy) is 1. The van der Waals surface area contributed by atoms with Crippen molar-refractivity contribution >= 4 is 31.2 Å². The highest BCUT2D eigenvalue weighted by Crippen LogP contribution is 2.37. The third-order valence-electron chi connectivity index (χ3n) is 3.27. The molecule has 0 aliphatic carbocycles. The maximum absolute atomic E-state index is 10.7. The molecule has 2 aromatic heterocycles. The molecule has 1 aliphatic heterocycles. The average molecular weight is 380 g/mol. The number of hydrogen-bond acceptors (Lipinski definition) is 9. The first-order valence-corrected chi connectivity index (χ1v) is 8.49. The Morgan fingerprint density at radius 2 is 2.12 bits per heavy atom. The lowest BCUT2D eigenvalue weighted by atomic mass is 10.1. The van der Waals surface area contributed by atoms with E-state index in [1.807, 2.05) is 0 Å². The number of phosphoric ester groups is 1. The number of aliphatic hydroxyl groups excluding tert-OH is 2. The van der Waals surface area contributed by atoms with Crippen LogP contribution in [0, 0.1) is 4.64 Å². The quantitative estimate of drug-likeness (QED) is 0.301. The Bertz CT molecular complexity index is 836. The number of fused-ring (bicyclic) bond motifs is 1. The average Bonchev–Trinajstić information content (AvgIpc) is 3.03. The number of nitrogens with zero attached hydrogens (tertiary/aromatic N) is 3. The van der Waals surface area contributed by atoms with E-state index in [-0.39, 0.29) is 4.64 Å². The van der Waals surface area contributed by atoms with Gasteiger partial charge in [-0.25, -0.2) is 14.5 Å². The molecule has 3 rings (SSSR count). The van der Waals surface area contributed by atoms with Crippen molar-refractivity contribution < 1.29 is 38.7 Å². The third kappa shape index (κ3) is 3.48. The van der Waals surface area contributed by atoms with E-state index in [1.54, 1.807) is 0 Å². The number of imidazole rings is 1. The molecule has 0 aromatic carbocycles. The SMILES string of the molecule is O=P(O)(O)OC[C@H]1O[C@@H](On2cnc3c(=S)nc[nH]c32)[C@H](O)[C@@H]1O. The summed E-state index contributed by atoms with van der Waals surface area (Å²) in [4.78, 5) is 33.4. The summed E-state index contributed by atoms with van der Waals surface area (Å²) in [5.74, 6) is 0. The Labute approximate surface area is 138 Å². The number of aromatic amines is 1. The molecule has 24 heavy (non-hydrogen) atoms. The molecule has 132 valence electrons. The maximum atomic E-state index is 10.7. The monoisotopic (exact) mass is 380 g/mol. The third-order valence-corrected chi connectivity index (χ3v) is 4.05. The second kappa shape index (κ2) is 6.46. The molecule has 2 aromatic rings. The van der Waals surface area contributed by atoms with Gasteiger partial charge < -0.3 is 34.6 Å². The lowest BCUT2D eigenvalue weighted by Crippen LogP contribution is -2.38. The Morgan fingerprint density at radius 3 is 2.83 bits per heavy atom. The van der Waals surface area contributed by atoms with Gasteiger partial charge in [0.1, 0.15) is 30.2 Å². The zero-order valence-corrected chi connectivity index (χ0v) is 13.5. The predicted molar refractivity (Wildman–Crippen MR) is 78.0 cm³/mol. The highest BCUT2D eigenvalue weighted by Gasteiger charge is 2.45. The van der Waals surface area contributed by atoms with Gasteiger partial charge in [-0.3, -0.25) is 4.52 Å². The number of phosphoric acid groups is 1. The summed E-state index contributed by atoms with van der Waals surface area (Å²) < 4.78 is 21.6. The van der Waals surface area contributed by atoms with E-state index < -0.39 is 39.0 Å². The number of hydrogen-bond donors (Lipinski definition) is 5. The molecule has 0 bridgehead atoms. The molecule has 0 unspecified atom stereocenters. The number of rotatable bonds is 5. The fourth-order valence-electron chi connectivity index (χ4n) is 2.14. The standard InChI is InChI=1S/C10H13N4O8PS/c15-6-4(1-20-23(17,18)19)21-10(7(6)16)22-14-3-13-5-8(14)11-2-12-9(5)24/h2-4,6-7,10,15-16H,1H2,(H,11,12,24)(H2,17,18,19)/t4-,6-,7-,10+/m1/s1. The van der Waals surface area contributed by atoms with Gasteiger partial charge >= 0.3 is 7.82 Å². The van der Waals surface area contributed by atoms with Crippen LogP contribution in [0.5, 0.6) is 0 Å². The molecule has 1 aliphatic rings. The largest absolute Gasteiger partial charge is 0.469 e. The fraction of sp³-hybridized carbons (Fsp3) is 0.500. The molecule has 12 nitrogen and oxygen atoms in total. The van der Waals surface area contributed by atoms with Crippen molar-refractivity contribution in [1.29, 1.82) is 0 Å². The van der Waals surface area contributed by atoms with Gasteiger partial charge in [-0.1, -0.05) is 12.2 Å². The van der Waals surface area contributed by atoms with Crippen LogP contribution in [0.15, 0.2) is 12.7 Å². The predicted octanol–water partition coefficient (Wildman–Crippen LogP) is -1.53. The maximum Gasteiger partial charge on any atom is 0.469 e. The summed E-state index contributed by atoms with van der Waals surface area (Å²) in [6.07, 6.45) is -2.84. The van der Waals surface area contributed by atoms with Crippen LogP contribution in [-0.4, -0.2) is 70.9 Å². The lowest BCUT2D eigenvalue weighted by Gasteiger charge is -2.16. The van der Waals surface area contributed by atoms with E-state index in [1.165, 1.54) is 12.7 Å². The summed E-state index contributed by atoms with van der Waals surface area (Å²) >= 11 is 5.01. The van der Waals surface area contributed by atoms with Crippen molar-refractivity contribution in [2.24, 2.45) is 0 Å². The van der Waals surface area contributed by atoms with Crippen LogP contribution < -0.4 is 4.84 Å². The fourth-order valence-corrected chi connectivity index (χ4v) is 2.68. The Kier molecular flexibility index (Phi) is 4.68. The first kappa shape index (κ1) is 17.4. The molecule has 3 heterocycles. The number of H-pyrrole nitrogens is 1. The summed E-state index contributed by atoms with van der Waals surface area (Å²) in [5, 5.41) is 19.8. The normalized spacial score (nSPS) is 27.7.